The summed E-state index contributed by atoms with van der Waals surface area (Å²) >= 11 is 0. The number of rotatable bonds is 2. The van der Waals surface area contributed by atoms with Gasteiger partial charge in [-0.3, -0.25) is 0 Å². The molecule has 0 radical (unpaired) electrons. The molecule has 7 heteroatoms. The van der Waals surface area contributed by atoms with Gasteiger partial charge in [0, 0.05) is 6.04 Å². The standard InChI is InChI=1S/C15H16N4O2S/c1-10-8-14-17-15(16-11-6-7-22(20,21)9-11)12-4-2-3-5-13(12)19(14)18-10/h2-5,8,11H,6-7,9H2,1H3,(H,16,17,18)/p+1/t11-/m1/s1. The molecule has 0 spiro atoms. The lowest BCUT2D eigenvalue weighted by Gasteiger charge is -2.09. The maximum Gasteiger partial charge on any atom is 0.351 e. The molecule has 4 rings (SSSR count). The Morgan fingerprint density at radius 1 is 1.36 bits per heavy atom. The zero-order chi connectivity index (χ0) is 15.3. The molecule has 6 nitrogen and oxygen atoms in total. The van der Waals surface area contributed by atoms with Crippen LogP contribution >= 0.6 is 0 Å². The van der Waals surface area contributed by atoms with E-state index in [1.165, 1.54) is 0 Å². The molecule has 1 saturated heterocycles. The van der Waals surface area contributed by atoms with Crippen LogP contribution in [0, 0.1) is 6.92 Å². The van der Waals surface area contributed by atoms with Crippen molar-refractivity contribution < 1.29 is 12.9 Å². The topological polar surface area (TPSA) is 79.0 Å². The lowest BCUT2D eigenvalue weighted by Crippen LogP contribution is -2.28. The molecule has 0 bridgehead atoms. The molecule has 0 saturated carbocycles. The average molecular weight is 317 g/mol. The Morgan fingerprint density at radius 2 is 2.18 bits per heavy atom. The van der Waals surface area contributed by atoms with Gasteiger partial charge in [0.1, 0.15) is 0 Å². The van der Waals surface area contributed by atoms with Gasteiger partial charge in [-0.2, -0.15) is 0 Å². The Hall–Kier alpha value is -2.15. The number of aryl methyl sites for hydroxylation is 1. The molecule has 3 aromatic rings. The molecule has 1 aliphatic rings. The van der Waals surface area contributed by atoms with Crippen LogP contribution in [0.3, 0.4) is 0 Å². The summed E-state index contributed by atoms with van der Waals surface area (Å²) in [7, 11) is -2.91. The van der Waals surface area contributed by atoms with Gasteiger partial charge < -0.3 is 5.32 Å². The first-order valence-corrected chi connectivity index (χ1v) is 9.11. The lowest BCUT2D eigenvalue weighted by atomic mass is 10.2. The average Bonchev–Trinajstić information content (AvgIpc) is 3.01. The van der Waals surface area contributed by atoms with Crippen LogP contribution in [-0.2, 0) is 9.84 Å². The zero-order valence-electron chi connectivity index (χ0n) is 12.2. The number of sulfone groups is 1. The number of hydrogen-bond acceptors (Lipinski definition) is 4. The fraction of sp³-hybridized carbons (Fsp3) is 0.333. The number of nitrogens with zero attached hydrogens (tertiary/aromatic N) is 2. The number of para-hydroxylation sites is 1. The summed E-state index contributed by atoms with van der Waals surface area (Å²) in [5, 5.41) is 7.57. The molecule has 0 unspecified atom stereocenters. The Bertz CT molecular complexity index is 978. The van der Waals surface area contributed by atoms with Crippen LogP contribution in [0.1, 0.15) is 12.1 Å². The van der Waals surface area contributed by atoms with E-state index in [1.54, 1.807) is 0 Å². The molecule has 1 atom stereocenters. The third-order valence-electron chi connectivity index (χ3n) is 4.06. The van der Waals surface area contributed by atoms with Gasteiger partial charge in [0.15, 0.2) is 15.4 Å². The van der Waals surface area contributed by atoms with Gasteiger partial charge in [-0.15, -0.1) is 4.52 Å². The van der Waals surface area contributed by atoms with Crippen LogP contribution < -0.4 is 9.83 Å². The van der Waals surface area contributed by atoms with E-state index in [0.29, 0.717) is 6.42 Å². The third-order valence-corrected chi connectivity index (χ3v) is 5.83. The molecule has 1 aromatic carbocycles. The smallest absolute Gasteiger partial charge is 0.345 e. The van der Waals surface area contributed by atoms with Crippen molar-refractivity contribution in [2.24, 2.45) is 0 Å². The summed E-state index contributed by atoms with van der Waals surface area (Å²) in [5.74, 6) is 1.18. The monoisotopic (exact) mass is 317 g/mol. The second kappa shape index (κ2) is 4.67. The molecule has 22 heavy (non-hydrogen) atoms. The molecule has 1 aliphatic heterocycles. The first-order chi connectivity index (χ1) is 10.5. The van der Waals surface area contributed by atoms with Crippen molar-refractivity contribution in [2.75, 3.05) is 16.8 Å². The largest absolute Gasteiger partial charge is 0.351 e. The maximum atomic E-state index is 11.6. The van der Waals surface area contributed by atoms with E-state index in [2.05, 4.69) is 15.4 Å². The molecule has 0 amide bonds. The molecule has 2 N–H and O–H groups in total. The highest BCUT2D eigenvalue weighted by atomic mass is 32.2. The molecule has 114 valence electrons. The van der Waals surface area contributed by atoms with Gasteiger partial charge in [-0.1, -0.05) is 12.1 Å². The van der Waals surface area contributed by atoms with E-state index in [1.807, 2.05) is 41.8 Å². The number of hydrogen-bond donors (Lipinski definition) is 2. The first kappa shape index (κ1) is 13.5. The molecular formula is C15H17N4O2S+. The molecule has 3 heterocycles. The number of aromatic nitrogens is 3. The summed E-state index contributed by atoms with van der Waals surface area (Å²) in [5.41, 5.74) is 2.86. The fourth-order valence-corrected chi connectivity index (χ4v) is 4.72. The second-order valence-corrected chi connectivity index (χ2v) is 8.08. The number of aromatic amines is 1. The summed E-state index contributed by atoms with van der Waals surface area (Å²) in [6.07, 6.45) is 0.635. The van der Waals surface area contributed by atoms with Crippen LogP contribution in [0.2, 0.25) is 0 Å². The van der Waals surface area contributed by atoms with E-state index < -0.39 is 9.84 Å². The predicted octanol–water partition coefficient (Wildman–Crippen LogP) is 1.21. The first-order valence-electron chi connectivity index (χ1n) is 7.29. The van der Waals surface area contributed by atoms with Crippen LogP contribution in [0.25, 0.3) is 16.6 Å². The quantitative estimate of drug-likeness (QED) is 0.696. The van der Waals surface area contributed by atoms with E-state index in [4.69, 9.17) is 0 Å². The van der Waals surface area contributed by atoms with Gasteiger partial charge in [-0.25, -0.2) is 13.5 Å². The molecule has 2 aromatic heterocycles. The van der Waals surface area contributed by atoms with E-state index in [9.17, 15) is 8.42 Å². The normalized spacial score (nSPS) is 20.7. The van der Waals surface area contributed by atoms with Crippen molar-refractivity contribution in [3.63, 3.8) is 0 Å². The van der Waals surface area contributed by atoms with E-state index in [-0.39, 0.29) is 17.5 Å². The Kier molecular flexibility index (Phi) is 2.87. The fourth-order valence-electron chi connectivity index (χ4n) is 3.05. The van der Waals surface area contributed by atoms with Crippen molar-refractivity contribution in [3.05, 3.63) is 36.0 Å². The molecule has 1 fully saturated rings. The molecular weight excluding hydrogens is 300 g/mol. The minimum Gasteiger partial charge on any atom is -0.345 e. The van der Waals surface area contributed by atoms with E-state index >= 15 is 0 Å². The number of nitrogens with one attached hydrogen (secondary N) is 2. The van der Waals surface area contributed by atoms with Crippen LogP contribution in [0.5, 0.6) is 0 Å². The summed E-state index contributed by atoms with van der Waals surface area (Å²) < 4.78 is 25.2. The van der Waals surface area contributed by atoms with Crippen molar-refractivity contribution in [1.82, 2.24) is 10.1 Å². The minimum atomic E-state index is -2.91. The van der Waals surface area contributed by atoms with Crippen molar-refractivity contribution in [1.29, 1.82) is 0 Å². The summed E-state index contributed by atoms with van der Waals surface area (Å²) in [6.45, 7) is 1.99. The van der Waals surface area contributed by atoms with Crippen molar-refractivity contribution in [2.45, 2.75) is 19.4 Å². The number of anilines is 1. The van der Waals surface area contributed by atoms with Gasteiger partial charge in [-0.05, 0) is 30.5 Å². The van der Waals surface area contributed by atoms with Crippen LogP contribution in [0.15, 0.2) is 30.3 Å². The molecule has 0 aliphatic carbocycles. The maximum absolute atomic E-state index is 11.6. The van der Waals surface area contributed by atoms with Crippen LogP contribution in [0.4, 0.5) is 5.82 Å². The minimum absolute atomic E-state index is 0.0663. The number of fused-ring (bicyclic) bond motifs is 3. The van der Waals surface area contributed by atoms with Crippen molar-refractivity contribution in [3.8, 4) is 0 Å². The highest BCUT2D eigenvalue weighted by molar-refractivity contribution is 7.91. The zero-order valence-corrected chi connectivity index (χ0v) is 13.0. The van der Waals surface area contributed by atoms with Gasteiger partial charge in [0.2, 0.25) is 0 Å². The lowest BCUT2D eigenvalue weighted by molar-refractivity contribution is -0.551. The van der Waals surface area contributed by atoms with Gasteiger partial charge >= 0.3 is 5.65 Å². The highest BCUT2D eigenvalue weighted by Gasteiger charge is 2.30. The summed E-state index contributed by atoms with van der Waals surface area (Å²) in [4.78, 5) is 4.66. The Balaban J connectivity index is 1.85. The van der Waals surface area contributed by atoms with Crippen LogP contribution in [-0.4, -0.2) is 36.0 Å². The predicted molar refractivity (Wildman–Crippen MR) is 84.7 cm³/mol. The van der Waals surface area contributed by atoms with Gasteiger partial charge in [0.05, 0.1) is 28.7 Å². The van der Waals surface area contributed by atoms with Gasteiger partial charge in [0.25, 0.3) is 5.82 Å². The highest BCUT2D eigenvalue weighted by Crippen LogP contribution is 2.23. The Morgan fingerprint density at radius 3 is 2.95 bits per heavy atom. The third kappa shape index (κ3) is 2.21. The number of benzene rings is 1. The van der Waals surface area contributed by atoms with Crippen molar-refractivity contribution >= 4 is 32.2 Å². The summed E-state index contributed by atoms with van der Waals surface area (Å²) in [6, 6.07) is 9.87. The van der Waals surface area contributed by atoms with E-state index in [0.717, 1.165) is 28.1 Å². The second-order valence-electron chi connectivity index (χ2n) is 5.85. The number of H-pyrrole nitrogens is 1. The SMILES string of the molecule is Cc1cc2nc(N[C@@H]3CCS(=O)(=O)C3)c3ccccc3[n+]2[nH]1. The Labute approximate surface area is 128 Å².